The Bertz CT molecular complexity index is 690. The maximum Gasteiger partial charge on any atom is 0.305 e. The Morgan fingerprint density at radius 3 is 1.31 bits per heavy atom. The van der Waals surface area contributed by atoms with Crippen molar-refractivity contribution in [3.63, 3.8) is 0 Å². The van der Waals surface area contributed by atoms with Gasteiger partial charge in [-0.15, -0.1) is 0 Å². The van der Waals surface area contributed by atoms with Crippen molar-refractivity contribution >= 4 is 5.97 Å². The second kappa shape index (κ2) is 34.5. The molecule has 0 aromatic rings. The van der Waals surface area contributed by atoms with Crippen LogP contribution in [-0.2, 0) is 14.3 Å². The first-order chi connectivity index (χ1) is 24.0. The van der Waals surface area contributed by atoms with Crippen LogP contribution in [-0.4, -0.2) is 25.3 Å². The van der Waals surface area contributed by atoms with Crippen LogP contribution in [0.1, 0.15) is 247 Å². The minimum Gasteiger partial charge on any atom is -0.466 e. The monoisotopic (exact) mass is 691 g/mol. The lowest BCUT2D eigenvalue weighted by Gasteiger charge is -2.44. The molecular weight excluding hydrogens is 601 g/mol. The largest absolute Gasteiger partial charge is 0.466 e. The Kier molecular flexibility index (Phi) is 32.7. The van der Waals surface area contributed by atoms with Crippen molar-refractivity contribution in [2.45, 2.75) is 253 Å². The fourth-order valence-corrected chi connectivity index (χ4v) is 8.84. The minimum absolute atomic E-state index is 0.0248. The average molecular weight is 691 g/mol. The average Bonchev–Trinajstić information content (AvgIpc) is 3.09. The first kappa shape index (κ1) is 46.5. The van der Waals surface area contributed by atoms with E-state index in [0.29, 0.717) is 19.1 Å². The second-order valence-corrected chi connectivity index (χ2v) is 16.6. The van der Waals surface area contributed by atoms with Crippen molar-refractivity contribution in [2.75, 3.05) is 13.2 Å². The van der Waals surface area contributed by atoms with Gasteiger partial charge in [-0.1, -0.05) is 181 Å². The molecule has 1 rings (SSSR count). The Hall–Kier alpha value is -0.570. The molecule has 1 saturated carbocycles. The first-order valence-corrected chi connectivity index (χ1v) is 22.8. The summed E-state index contributed by atoms with van der Waals surface area (Å²) in [6.07, 6.45) is 44.8. The third kappa shape index (κ3) is 26.8. The summed E-state index contributed by atoms with van der Waals surface area (Å²) in [6.45, 7) is 12.8. The summed E-state index contributed by atoms with van der Waals surface area (Å²) in [5.41, 5.74) is 0. The van der Waals surface area contributed by atoms with Crippen LogP contribution >= 0.6 is 0 Å². The minimum atomic E-state index is 0.0248. The lowest BCUT2D eigenvalue weighted by atomic mass is 9.61. The second-order valence-electron chi connectivity index (χ2n) is 16.6. The van der Waals surface area contributed by atoms with Crippen LogP contribution in [0.3, 0.4) is 0 Å². The summed E-state index contributed by atoms with van der Waals surface area (Å²) in [4.78, 5) is 12.1. The van der Waals surface area contributed by atoms with Crippen molar-refractivity contribution in [3.05, 3.63) is 0 Å². The summed E-state index contributed by atoms with van der Waals surface area (Å²) in [6, 6.07) is 0. The molecule has 0 spiro atoms. The molecular formula is C46H90O3. The van der Waals surface area contributed by atoms with Crippen LogP contribution in [0, 0.1) is 23.7 Å². The Morgan fingerprint density at radius 2 is 0.837 bits per heavy atom. The van der Waals surface area contributed by atoms with Crippen LogP contribution in [0.15, 0.2) is 0 Å². The van der Waals surface area contributed by atoms with Gasteiger partial charge in [0.1, 0.15) is 0 Å². The molecule has 0 aliphatic heterocycles. The molecule has 1 fully saturated rings. The molecule has 1 aliphatic carbocycles. The van der Waals surface area contributed by atoms with E-state index < -0.39 is 0 Å². The van der Waals surface area contributed by atoms with Gasteiger partial charge in [0.15, 0.2) is 0 Å². The summed E-state index contributed by atoms with van der Waals surface area (Å²) in [5.74, 6) is 3.93. The highest BCUT2D eigenvalue weighted by Gasteiger charge is 2.37. The van der Waals surface area contributed by atoms with E-state index in [2.05, 4.69) is 34.6 Å². The zero-order valence-corrected chi connectivity index (χ0v) is 34.4. The van der Waals surface area contributed by atoms with E-state index in [1.807, 2.05) is 0 Å². The standard InChI is InChI=1S/C46H90O3/c1-6-9-12-15-21-27-34-44-42(32-25-14-11-8-3)37-38-43(33-26-20-16-17-23-30-39-48-41(4)5)45(44)35-28-22-18-24-31-40-49-46(47)36-29-19-13-10-7-2/h41-45H,6-40H2,1-5H3. The third-order valence-electron chi connectivity index (χ3n) is 11.8. The first-order valence-electron chi connectivity index (χ1n) is 22.8. The lowest BCUT2D eigenvalue weighted by Crippen LogP contribution is -2.35. The number of ether oxygens (including phenoxy) is 2. The van der Waals surface area contributed by atoms with Crippen molar-refractivity contribution < 1.29 is 14.3 Å². The molecule has 292 valence electrons. The number of unbranched alkanes of at least 4 members (excludes halogenated alkanes) is 21. The zero-order chi connectivity index (χ0) is 35.6. The number of carbonyl (C=O) groups excluding carboxylic acids is 1. The van der Waals surface area contributed by atoms with Crippen molar-refractivity contribution in [1.82, 2.24) is 0 Å². The molecule has 1 aliphatic rings. The predicted molar refractivity (Wildman–Crippen MR) is 215 cm³/mol. The van der Waals surface area contributed by atoms with Gasteiger partial charge < -0.3 is 9.47 Å². The maximum atomic E-state index is 12.1. The van der Waals surface area contributed by atoms with E-state index in [1.54, 1.807) is 0 Å². The predicted octanol–water partition coefficient (Wildman–Crippen LogP) is 15.4. The maximum absolute atomic E-state index is 12.1. The van der Waals surface area contributed by atoms with Crippen LogP contribution in [0.25, 0.3) is 0 Å². The smallest absolute Gasteiger partial charge is 0.305 e. The van der Waals surface area contributed by atoms with E-state index in [-0.39, 0.29) is 5.97 Å². The SMILES string of the molecule is CCCCCCCCC1C(CCCCCC)CCC(CCCCCCCCOC(C)C)C1CCCCCCCOC(=O)CCCCCCC. The van der Waals surface area contributed by atoms with Crippen LogP contribution < -0.4 is 0 Å². The van der Waals surface area contributed by atoms with Gasteiger partial charge in [-0.25, -0.2) is 0 Å². The number of hydrogen-bond acceptors (Lipinski definition) is 3. The van der Waals surface area contributed by atoms with Gasteiger partial charge in [-0.3, -0.25) is 4.79 Å². The van der Waals surface area contributed by atoms with E-state index in [9.17, 15) is 4.79 Å². The van der Waals surface area contributed by atoms with E-state index in [4.69, 9.17) is 9.47 Å². The summed E-state index contributed by atoms with van der Waals surface area (Å²) >= 11 is 0. The zero-order valence-electron chi connectivity index (χ0n) is 34.4. The quantitative estimate of drug-likeness (QED) is 0.0485. The van der Waals surface area contributed by atoms with Gasteiger partial charge in [0.05, 0.1) is 12.7 Å². The van der Waals surface area contributed by atoms with Gasteiger partial charge in [0, 0.05) is 13.0 Å². The summed E-state index contributed by atoms with van der Waals surface area (Å²) in [5, 5.41) is 0. The van der Waals surface area contributed by atoms with E-state index >= 15 is 0 Å². The normalized spacial score (nSPS) is 19.6. The molecule has 0 aromatic carbocycles. The number of hydrogen-bond donors (Lipinski definition) is 0. The summed E-state index contributed by atoms with van der Waals surface area (Å²) in [7, 11) is 0. The lowest BCUT2D eigenvalue weighted by molar-refractivity contribution is -0.143. The fraction of sp³-hybridized carbons (Fsp3) is 0.978. The summed E-state index contributed by atoms with van der Waals surface area (Å²) < 4.78 is 11.3. The molecule has 0 saturated heterocycles. The molecule has 3 heteroatoms. The fourth-order valence-electron chi connectivity index (χ4n) is 8.84. The Labute approximate surface area is 309 Å². The van der Waals surface area contributed by atoms with Crippen molar-refractivity contribution in [1.29, 1.82) is 0 Å². The number of esters is 1. The highest BCUT2D eigenvalue weighted by molar-refractivity contribution is 5.69. The van der Waals surface area contributed by atoms with Crippen LogP contribution in [0.2, 0.25) is 0 Å². The highest BCUT2D eigenvalue weighted by Crippen LogP contribution is 2.47. The molecule has 0 amide bonds. The van der Waals surface area contributed by atoms with Gasteiger partial charge in [0.2, 0.25) is 0 Å². The van der Waals surface area contributed by atoms with Gasteiger partial charge in [-0.2, -0.15) is 0 Å². The molecule has 0 bridgehead atoms. The van der Waals surface area contributed by atoms with Crippen LogP contribution in [0.4, 0.5) is 0 Å². The molecule has 0 radical (unpaired) electrons. The molecule has 4 atom stereocenters. The topological polar surface area (TPSA) is 35.5 Å². The molecule has 0 N–H and O–H groups in total. The van der Waals surface area contributed by atoms with Crippen molar-refractivity contribution in [3.8, 4) is 0 Å². The molecule has 4 unspecified atom stereocenters. The number of carbonyl (C=O) groups is 1. The Morgan fingerprint density at radius 1 is 0.469 bits per heavy atom. The molecule has 0 heterocycles. The Balaban J connectivity index is 2.59. The molecule has 3 nitrogen and oxygen atoms in total. The van der Waals surface area contributed by atoms with Crippen LogP contribution in [0.5, 0.6) is 0 Å². The molecule has 49 heavy (non-hydrogen) atoms. The third-order valence-corrected chi connectivity index (χ3v) is 11.8. The van der Waals surface area contributed by atoms with E-state index in [0.717, 1.165) is 43.1 Å². The van der Waals surface area contributed by atoms with Crippen molar-refractivity contribution in [2.24, 2.45) is 23.7 Å². The highest BCUT2D eigenvalue weighted by atomic mass is 16.5. The number of rotatable bonds is 36. The van der Waals surface area contributed by atoms with Gasteiger partial charge in [-0.05, 0) is 82.5 Å². The van der Waals surface area contributed by atoms with Gasteiger partial charge >= 0.3 is 5.97 Å². The molecule has 0 aromatic heterocycles. The van der Waals surface area contributed by atoms with E-state index in [1.165, 1.54) is 193 Å². The van der Waals surface area contributed by atoms with Gasteiger partial charge in [0.25, 0.3) is 0 Å².